The molecule has 2 aromatic rings. The lowest BCUT2D eigenvalue weighted by molar-refractivity contribution is 0.106. The fourth-order valence-corrected chi connectivity index (χ4v) is 2.98. The Balaban J connectivity index is 1.97. The molecule has 5 heteroatoms. The standard InChI is InChI=1S/C15H20N4O/c1-11(2)18-7-4-3-5-13(18)15-16-14-9-12(10-20)6-8-19(14)17-15/h6,8-11,13H,3-5,7H2,1-2H3. The van der Waals surface area contributed by atoms with Crippen LogP contribution in [-0.4, -0.2) is 38.4 Å². The maximum atomic E-state index is 10.8. The molecular formula is C15H20N4O. The van der Waals surface area contributed by atoms with Crippen molar-refractivity contribution in [1.82, 2.24) is 19.5 Å². The monoisotopic (exact) mass is 272 g/mol. The molecule has 0 aromatic carbocycles. The van der Waals surface area contributed by atoms with Crippen LogP contribution >= 0.6 is 0 Å². The van der Waals surface area contributed by atoms with Gasteiger partial charge >= 0.3 is 0 Å². The van der Waals surface area contributed by atoms with Crippen molar-refractivity contribution >= 4 is 11.9 Å². The summed E-state index contributed by atoms with van der Waals surface area (Å²) in [6.07, 6.45) is 6.23. The van der Waals surface area contributed by atoms with E-state index in [4.69, 9.17) is 0 Å². The van der Waals surface area contributed by atoms with Crippen LogP contribution in [0.4, 0.5) is 0 Å². The minimum atomic E-state index is 0.295. The number of likely N-dealkylation sites (tertiary alicyclic amines) is 1. The molecule has 0 amide bonds. The van der Waals surface area contributed by atoms with Gasteiger partial charge < -0.3 is 0 Å². The summed E-state index contributed by atoms with van der Waals surface area (Å²) >= 11 is 0. The molecular weight excluding hydrogens is 252 g/mol. The number of aldehydes is 1. The highest BCUT2D eigenvalue weighted by atomic mass is 16.1. The number of nitrogens with zero attached hydrogens (tertiary/aromatic N) is 4. The van der Waals surface area contributed by atoms with Crippen LogP contribution in [0.3, 0.4) is 0 Å². The molecule has 2 aromatic heterocycles. The van der Waals surface area contributed by atoms with Crippen molar-refractivity contribution in [2.24, 2.45) is 0 Å². The molecule has 0 saturated carbocycles. The Morgan fingerprint density at radius 3 is 3.00 bits per heavy atom. The number of carbonyl (C=O) groups is 1. The Bertz CT molecular complexity index is 619. The number of hydrogen-bond donors (Lipinski definition) is 0. The second-order valence-corrected chi connectivity index (χ2v) is 5.69. The van der Waals surface area contributed by atoms with Gasteiger partial charge in [0.05, 0.1) is 6.04 Å². The molecule has 1 saturated heterocycles. The van der Waals surface area contributed by atoms with Crippen LogP contribution in [0, 0.1) is 0 Å². The minimum absolute atomic E-state index is 0.295. The van der Waals surface area contributed by atoms with Gasteiger partial charge in [0, 0.05) is 17.8 Å². The number of rotatable bonds is 3. The lowest BCUT2D eigenvalue weighted by Gasteiger charge is -2.36. The summed E-state index contributed by atoms with van der Waals surface area (Å²) in [5.74, 6) is 0.876. The van der Waals surface area contributed by atoms with Gasteiger partial charge in [-0.15, -0.1) is 5.10 Å². The first-order valence-electron chi connectivity index (χ1n) is 7.26. The third kappa shape index (κ3) is 2.33. The second kappa shape index (κ2) is 5.32. The van der Waals surface area contributed by atoms with Gasteiger partial charge in [0.25, 0.3) is 0 Å². The summed E-state index contributed by atoms with van der Waals surface area (Å²) in [5.41, 5.74) is 1.39. The smallest absolute Gasteiger partial charge is 0.168 e. The summed E-state index contributed by atoms with van der Waals surface area (Å²) in [6.45, 7) is 5.55. The fraction of sp³-hybridized carbons (Fsp3) is 0.533. The van der Waals surface area contributed by atoms with Gasteiger partial charge in [-0.3, -0.25) is 9.69 Å². The van der Waals surface area contributed by atoms with Gasteiger partial charge in [-0.2, -0.15) is 0 Å². The average molecular weight is 272 g/mol. The zero-order valence-electron chi connectivity index (χ0n) is 12.0. The predicted molar refractivity (Wildman–Crippen MR) is 76.8 cm³/mol. The third-order valence-corrected chi connectivity index (χ3v) is 4.02. The maximum absolute atomic E-state index is 10.8. The van der Waals surface area contributed by atoms with Crippen molar-refractivity contribution in [1.29, 1.82) is 0 Å². The van der Waals surface area contributed by atoms with Gasteiger partial charge in [-0.25, -0.2) is 9.50 Å². The van der Waals surface area contributed by atoms with E-state index in [0.29, 0.717) is 17.6 Å². The normalized spacial score (nSPS) is 20.6. The van der Waals surface area contributed by atoms with Crippen molar-refractivity contribution in [2.75, 3.05) is 6.54 Å². The van der Waals surface area contributed by atoms with Crippen molar-refractivity contribution in [2.45, 2.75) is 45.2 Å². The van der Waals surface area contributed by atoms with Crippen molar-refractivity contribution in [3.63, 3.8) is 0 Å². The zero-order valence-corrected chi connectivity index (χ0v) is 12.0. The van der Waals surface area contributed by atoms with E-state index < -0.39 is 0 Å². The van der Waals surface area contributed by atoms with Crippen LogP contribution in [0.25, 0.3) is 5.65 Å². The number of pyridine rings is 1. The number of carbonyl (C=O) groups excluding carboxylic acids is 1. The number of hydrogen-bond acceptors (Lipinski definition) is 4. The quantitative estimate of drug-likeness (QED) is 0.805. The van der Waals surface area contributed by atoms with Crippen molar-refractivity contribution in [3.8, 4) is 0 Å². The van der Waals surface area contributed by atoms with E-state index in [9.17, 15) is 4.79 Å². The molecule has 0 radical (unpaired) electrons. The Labute approximate surface area is 118 Å². The van der Waals surface area contributed by atoms with Crippen LogP contribution in [-0.2, 0) is 0 Å². The fourth-order valence-electron chi connectivity index (χ4n) is 2.98. The largest absolute Gasteiger partial charge is 0.298 e. The van der Waals surface area contributed by atoms with Crippen LogP contribution in [0.5, 0.6) is 0 Å². The summed E-state index contributed by atoms with van der Waals surface area (Å²) in [4.78, 5) is 17.9. The van der Waals surface area contributed by atoms with E-state index in [2.05, 4.69) is 28.8 Å². The Hall–Kier alpha value is -1.75. The first-order valence-corrected chi connectivity index (χ1v) is 7.26. The Morgan fingerprint density at radius 2 is 2.25 bits per heavy atom. The molecule has 1 aliphatic heterocycles. The van der Waals surface area contributed by atoms with Crippen LogP contribution in [0.2, 0.25) is 0 Å². The first-order chi connectivity index (χ1) is 9.69. The molecule has 3 heterocycles. The number of fused-ring (bicyclic) bond motifs is 1. The highest BCUT2D eigenvalue weighted by molar-refractivity contribution is 5.76. The molecule has 1 fully saturated rings. The second-order valence-electron chi connectivity index (χ2n) is 5.69. The lowest BCUT2D eigenvalue weighted by atomic mass is 10.00. The molecule has 3 rings (SSSR count). The molecule has 106 valence electrons. The number of piperidine rings is 1. The molecule has 0 aliphatic carbocycles. The van der Waals surface area contributed by atoms with E-state index in [1.165, 1.54) is 12.8 Å². The highest BCUT2D eigenvalue weighted by Crippen LogP contribution is 2.30. The summed E-state index contributed by atoms with van der Waals surface area (Å²) in [6, 6.07) is 4.34. The van der Waals surface area contributed by atoms with E-state index >= 15 is 0 Å². The number of aromatic nitrogens is 3. The molecule has 1 aliphatic rings. The summed E-state index contributed by atoms with van der Waals surface area (Å²) in [7, 11) is 0. The molecule has 0 bridgehead atoms. The van der Waals surface area contributed by atoms with E-state index in [1.807, 2.05) is 0 Å². The van der Waals surface area contributed by atoms with Crippen molar-refractivity contribution in [3.05, 3.63) is 29.7 Å². The van der Waals surface area contributed by atoms with E-state index in [1.54, 1.807) is 22.8 Å². The molecule has 1 atom stereocenters. The van der Waals surface area contributed by atoms with Crippen LogP contribution in [0.1, 0.15) is 55.3 Å². The minimum Gasteiger partial charge on any atom is -0.298 e. The van der Waals surface area contributed by atoms with Gasteiger partial charge in [0.15, 0.2) is 11.5 Å². The summed E-state index contributed by atoms with van der Waals surface area (Å²) < 4.78 is 1.76. The van der Waals surface area contributed by atoms with E-state index in [0.717, 1.165) is 30.7 Å². The van der Waals surface area contributed by atoms with Gasteiger partial charge in [0.2, 0.25) is 0 Å². The SMILES string of the molecule is CC(C)N1CCCCC1c1nc2cc(C=O)ccn2n1. The van der Waals surface area contributed by atoms with Crippen molar-refractivity contribution < 1.29 is 4.79 Å². The molecule has 5 nitrogen and oxygen atoms in total. The lowest BCUT2D eigenvalue weighted by Crippen LogP contribution is -2.39. The third-order valence-electron chi connectivity index (χ3n) is 4.02. The summed E-state index contributed by atoms with van der Waals surface area (Å²) in [5, 5.41) is 4.59. The van der Waals surface area contributed by atoms with E-state index in [-0.39, 0.29) is 0 Å². The molecule has 20 heavy (non-hydrogen) atoms. The topological polar surface area (TPSA) is 50.5 Å². The predicted octanol–water partition coefficient (Wildman–Crippen LogP) is 2.48. The Morgan fingerprint density at radius 1 is 1.40 bits per heavy atom. The Kier molecular flexibility index (Phi) is 3.53. The average Bonchev–Trinajstić information content (AvgIpc) is 2.89. The molecule has 1 unspecified atom stereocenters. The van der Waals surface area contributed by atoms with Crippen LogP contribution in [0.15, 0.2) is 18.3 Å². The van der Waals surface area contributed by atoms with Gasteiger partial charge in [-0.05, 0) is 45.4 Å². The zero-order chi connectivity index (χ0) is 14.1. The molecule has 0 N–H and O–H groups in total. The highest BCUT2D eigenvalue weighted by Gasteiger charge is 2.28. The van der Waals surface area contributed by atoms with Gasteiger partial charge in [-0.1, -0.05) is 6.42 Å². The van der Waals surface area contributed by atoms with Crippen LogP contribution < -0.4 is 0 Å². The maximum Gasteiger partial charge on any atom is 0.168 e. The first kappa shape index (κ1) is 13.2. The van der Waals surface area contributed by atoms with Gasteiger partial charge in [0.1, 0.15) is 6.29 Å². The molecule has 0 spiro atoms.